The van der Waals surface area contributed by atoms with E-state index in [1.165, 1.54) is 52.0 Å². The molecule has 0 fully saturated rings. The van der Waals surface area contributed by atoms with Crippen molar-refractivity contribution >= 4 is 28.4 Å². The Morgan fingerprint density at radius 1 is 1.19 bits per heavy atom. The summed E-state index contributed by atoms with van der Waals surface area (Å²) in [6.07, 6.45) is 8.72. The fourth-order valence-electron chi connectivity index (χ4n) is 3.96. The molecule has 0 bridgehead atoms. The molecule has 0 saturated carbocycles. The Morgan fingerprint density at radius 2 is 2.03 bits per heavy atom. The van der Waals surface area contributed by atoms with Gasteiger partial charge in [-0.15, -0.1) is 10.2 Å². The molecule has 7 heteroatoms. The number of fused-ring (bicyclic) bond motifs is 1. The van der Waals surface area contributed by atoms with Crippen LogP contribution in [0.5, 0.6) is 0 Å². The van der Waals surface area contributed by atoms with Crippen LogP contribution in [0.15, 0.2) is 59.3 Å². The fourth-order valence-corrected chi connectivity index (χ4v) is 4.77. The summed E-state index contributed by atoms with van der Waals surface area (Å²) in [5.74, 6) is 6.95. The number of nitrogens with two attached hydrogens (primary N) is 1. The number of hydrogen-bond donors (Lipinski definition) is 2. The predicted molar refractivity (Wildman–Crippen MR) is 126 cm³/mol. The second kappa shape index (κ2) is 10.0. The molecule has 31 heavy (non-hydrogen) atoms. The first-order valence-electron chi connectivity index (χ1n) is 10.9. The van der Waals surface area contributed by atoms with Crippen LogP contribution in [-0.2, 0) is 11.2 Å². The SMILES string of the molecule is C[C@H](Sc1nnc(Cc2cccc3ccccc23)n1N)C(=O)NCCC1=CCCCC1. The highest BCUT2D eigenvalue weighted by atomic mass is 32.2. The van der Waals surface area contributed by atoms with Crippen LogP contribution in [-0.4, -0.2) is 32.6 Å². The number of rotatable bonds is 8. The summed E-state index contributed by atoms with van der Waals surface area (Å²) in [7, 11) is 0. The average molecular weight is 436 g/mol. The van der Waals surface area contributed by atoms with Gasteiger partial charge in [-0.2, -0.15) is 0 Å². The molecular formula is C24H29N5OS. The van der Waals surface area contributed by atoms with E-state index in [-0.39, 0.29) is 11.2 Å². The minimum atomic E-state index is -0.294. The molecule has 0 radical (unpaired) electrons. The van der Waals surface area contributed by atoms with Gasteiger partial charge in [-0.3, -0.25) is 4.79 Å². The normalized spacial score (nSPS) is 14.9. The molecule has 3 aromatic rings. The van der Waals surface area contributed by atoms with Crippen LogP contribution in [0.4, 0.5) is 0 Å². The average Bonchev–Trinajstić information content (AvgIpc) is 3.13. The van der Waals surface area contributed by atoms with Gasteiger partial charge in [0, 0.05) is 13.0 Å². The molecule has 6 nitrogen and oxygen atoms in total. The molecule has 1 atom stereocenters. The molecule has 1 amide bonds. The standard InChI is InChI=1S/C24H29N5OS/c1-17(23(30)26-15-14-18-8-3-2-4-9-18)31-24-28-27-22(29(24)25)16-20-12-7-11-19-10-5-6-13-21(19)20/h5-8,10-13,17H,2-4,9,14-16,25H2,1H3,(H,26,30)/t17-/m0/s1. The number of amides is 1. The van der Waals surface area contributed by atoms with Crippen molar-refractivity contribution in [2.24, 2.45) is 0 Å². The summed E-state index contributed by atoms with van der Waals surface area (Å²) in [6, 6.07) is 14.5. The molecular weight excluding hydrogens is 406 g/mol. The summed E-state index contributed by atoms with van der Waals surface area (Å²) in [6.45, 7) is 2.55. The molecule has 0 unspecified atom stereocenters. The van der Waals surface area contributed by atoms with Gasteiger partial charge < -0.3 is 11.2 Å². The number of hydrogen-bond acceptors (Lipinski definition) is 5. The Kier molecular flexibility index (Phi) is 6.92. The lowest BCUT2D eigenvalue weighted by atomic mass is 9.97. The third kappa shape index (κ3) is 5.28. The van der Waals surface area contributed by atoms with E-state index in [0.717, 1.165) is 18.4 Å². The molecule has 3 N–H and O–H groups in total. The van der Waals surface area contributed by atoms with E-state index in [1.807, 2.05) is 25.1 Å². The van der Waals surface area contributed by atoms with Gasteiger partial charge >= 0.3 is 0 Å². The number of nitrogens with zero attached hydrogens (tertiary/aromatic N) is 3. The summed E-state index contributed by atoms with van der Waals surface area (Å²) in [4.78, 5) is 12.5. The van der Waals surface area contributed by atoms with Crippen LogP contribution in [0.25, 0.3) is 10.8 Å². The maximum atomic E-state index is 12.5. The van der Waals surface area contributed by atoms with Crippen LogP contribution in [0.1, 0.15) is 50.4 Å². The van der Waals surface area contributed by atoms with Crippen LogP contribution < -0.4 is 11.2 Å². The third-order valence-corrected chi connectivity index (χ3v) is 6.80. The Labute approximate surface area is 187 Å². The van der Waals surface area contributed by atoms with E-state index in [1.54, 1.807) is 0 Å². The van der Waals surface area contributed by atoms with Crippen molar-refractivity contribution < 1.29 is 4.79 Å². The highest BCUT2D eigenvalue weighted by Gasteiger charge is 2.19. The minimum absolute atomic E-state index is 0.0000119. The van der Waals surface area contributed by atoms with E-state index in [0.29, 0.717) is 23.9 Å². The van der Waals surface area contributed by atoms with Crippen LogP contribution >= 0.6 is 11.8 Å². The van der Waals surface area contributed by atoms with Crippen molar-refractivity contribution in [3.63, 3.8) is 0 Å². The zero-order valence-electron chi connectivity index (χ0n) is 17.9. The van der Waals surface area contributed by atoms with Crippen molar-refractivity contribution in [3.05, 3.63) is 65.5 Å². The Bertz CT molecular complexity index is 1090. The minimum Gasteiger partial charge on any atom is -0.355 e. The van der Waals surface area contributed by atoms with Crippen molar-refractivity contribution in [1.29, 1.82) is 0 Å². The van der Waals surface area contributed by atoms with E-state index >= 15 is 0 Å². The second-order valence-electron chi connectivity index (χ2n) is 7.99. The van der Waals surface area contributed by atoms with E-state index < -0.39 is 0 Å². The maximum absolute atomic E-state index is 12.5. The third-order valence-electron chi connectivity index (χ3n) is 5.75. The predicted octanol–water partition coefficient (Wildman–Crippen LogP) is 4.22. The number of aromatic nitrogens is 3. The maximum Gasteiger partial charge on any atom is 0.233 e. The van der Waals surface area contributed by atoms with Crippen molar-refractivity contribution in [2.45, 2.75) is 55.9 Å². The van der Waals surface area contributed by atoms with E-state index in [4.69, 9.17) is 5.84 Å². The fraction of sp³-hybridized carbons (Fsp3) is 0.375. The Balaban J connectivity index is 1.35. The van der Waals surface area contributed by atoms with Gasteiger partial charge in [0.15, 0.2) is 5.82 Å². The zero-order chi connectivity index (χ0) is 21.6. The van der Waals surface area contributed by atoms with Crippen molar-refractivity contribution in [3.8, 4) is 0 Å². The van der Waals surface area contributed by atoms with Gasteiger partial charge in [0.2, 0.25) is 11.1 Å². The summed E-state index contributed by atoms with van der Waals surface area (Å²) in [5.41, 5.74) is 2.61. The van der Waals surface area contributed by atoms with Gasteiger partial charge in [0.05, 0.1) is 5.25 Å². The van der Waals surface area contributed by atoms with Crippen molar-refractivity contribution in [1.82, 2.24) is 20.2 Å². The molecule has 162 valence electrons. The first kappa shape index (κ1) is 21.4. The number of benzene rings is 2. The van der Waals surface area contributed by atoms with Crippen LogP contribution in [0, 0.1) is 0 Å². The molecule has 0 spiro atoms. The molecule has 0 saturated heterocycles. The van der Waals surface area contributed by atoms with Gasteiger partial charge in [-0.1, -0.05) is 65.9 Å². The molecule has 0 aliphatic heterocycles. The lowest BCUT2D eigenvalue weighted by Gasteiger charge is -2.14. The lowest BCUT2D eigenvalue weighted by molar-refractivity contribution is -0.120. The summed E-state index contributed by atoms with van der Waals surface area (Å²) < 4.78 is 1.50. The Hall–Kier alpha value is -2.80. The van der Waals surface area contributed by atoms with Gasteiger partial charge in [0.1, 0.15) is 0 Å². The van der Waals surface area contributed by atoms with E-state index in [2.05, 4.69) is 45.9 Å². The first-order chi connectivity index (χ1) is 15.1. The van der Waals surface area contributed by atoms with Gasteiger partial charge in [-0.25, -0.2) is 4.68 Å². The van der Waals surface area contributed by atoms with Gasteiger partial charge in [0.25, 0.3) is 0 Å². The largest absolute Gasteiger partial charge is 0.355 e. The molecule has 1 aliphatic rings. The molecule has 1 aromatic heterocycles. The zero-order valence-corrected chi connectivity index (χ0v) is 18.7. The Morgan fingerprint density at radius 3 is 2.87 bits per heavy atom. The number of carbonyl (C=O) groups excluding carboxylic acids is 1. The van der Waals surface area contributed by atoms with Gasteiger partial charge in [-0.05, 0) is 55.4 Å². The first-order valence-corrected chi connectivity index (χ1v) is 11.8. The van der Waals surface area contributed by atoms with Crippen LogP contribution in [0.3, 0.4) is 0 Å². The lowest BCUT2D eigenvalue weighted by Crippen LogP contribution is -2.32. The number of thioether (sulfide) groups is 1. The number of allylic oxidation sites excluding steroid dienone is 1. The summed E-state index contributed by atoms with van der Waals surface area (Å²) in [5, 5.41) is 14.2. The number of nitrogens with one attached hydrogen (secondary N) is 1. The smallest absolute Gasteiger partial charge is 0.233 e. The van der Waals surface area contributed by atoms with Crippen molar-refractivity contribution in [2.75, 3.05) is 12.4 Å². The highest BCUT2D eigenvalue weighted by molar-refractivity contribution is 8.00. The topological polar surface area (TPSA) is 85.8 Å². The monoisotopic (exact) mass is 435 g/mol. The number of carbonyl (C=O) groups is 1. The second-order valence-corrected chi connectivity index (χ2v) is 9.30. The highest BCUT2D eigenvalue weighted by Crippen LogP contribution is 2.24. The number of nitrogen functional groups attached to an aromatic ring is 1. The molecule has 1 aliphatic carbocycles. The quantitative estimate of drug-likeness (QED) is 0.314. The summed E-state index contributed by atoms with van der Waals surface area (Å²) >= 11 is 1.34. The van der Waals surface area contributed by atoms with Crippen LogP contribution in [0.2, 0.25) is 0 Å². The molecule has 1 heterocycles. The molecule has 4 rings (SSSR count). The molecule has 2 aromatic carbocycles. The van der Waals surface area contributed by atoms with E-state index in [9.17, 15) is 4.79 Å².